The first-order valence-electron chi connectivity index (χ1n) is 7.70. The van der Waals surface area contributed by atoms with Crippen molar-refractivity contribution < 1.29 is 18.3 Å². The van der Waals surface area contributed by atoms with E-state index in [9.17, 15) is 13.6 Å². The molecule has 1 amide bonds. The number of carbonyl (C=O) groups is 1. The number of para-hydroxylation sites is 1. The molecule has 1 aliphatic heterocycles. The van der Waals surface area contributed by atoms with Gasteiger partial charge in [0.15, 0.2) is 0 Å². The maximum Gasteiger partial charge on any atom is 0.387 e. The van der Waals surface area contributed by atoms with Crippen molar-refractivity contribution in [1.29, 1.82) is 0 Å². The fourth-order valence-corrected chi connectivity index (χ4v) is 3.06. The molecule has 1 heterocycles. The third kappa shape index (κ3) is 3.38. The number of alkyl halides is 2. The van der Waals surface area contributed by atoms with Crippen LogP contribution in [-0.4, -0.2) is 36.5 Å². The zero-order chi connectivity index (χ0) is 17.1. The molecule has 2 N–H and O–H groups in total. The lowest BCUT2D eigenvalue weighted by molar-refractivity contribution is -0.0502. The van der Waals surface area contributed by atoms with Crippen LogP contribution in [0.5, 0.6) is 5.75 Å². The van der Waals surface area contributed by atoms with E-state index < -0.39 is 6.61 Å². The van der Waals surface area contributed by atoms with Crippen LogP contribution >= 0.6 is 0 Å². The molecule has 2 aromatic rings. The van der Waals surface area contributed by atoms with E-state index in [2.05, 4.69) is 4.74 Å². The van der Waals surface area contributed by atoms with Crippen LogP contribution < -0.4 is 10.5 Å². The summed E-state index contributed by atoms with van der Waals surface area (Å²) in [6.07, 6.45) is 0. The van der Waals surface area contributed by atoms with Gasteiger partial charge in [-0.1, -0.05) is 42.5 Å². The summed E-state index contributed by atoms with van der Waals surface area (Å²) < 4.78 is 29.5. The Bertz CT molecular complexity index is 709. The first-order chi connectivity index (χ1) is 11.6. The van der Waals surface area contributed by atoms with Crippen LogP contribution in [0.25, 0.3) is 0 Å². The highest BCUT2D eigenvalue weighted by Gasteiger charge is 2.35. The van der Waals surface area contributed by atoms with Crippen LogP contribution in [0, 0.1) is 0 Å². The van der Waals surface area contributed by atoms with E-state index in [4.69, 9.17) is 5.73 Å². The molecule has 0 spiro atoms. The van der Waals surface area contributed by atoms with Crippen LogP contribution in [0.15, 0.2) is 54.6 Å². The Morgan fingerprint density at radius 1 is 1.08 bits per heavy atom. The third-order valence-electron chi connectivity index (χ3n) is 4.21. The molecule has 24 heavy (non-hydrogen) atoms. The number of ether oxygens (including phenoxy) is 1. The summed E-state index contributed by atoms with van der Waals surface area (Å²) >= 11 is 0. The van der Waals surface area contributed by atoms with Crippen LogP contribution in [0.4, 0.5) is 8.78 Å². The monoisotopic (exact) mass is 332 g/mol. The molecular weight excluding hydrogens is 314 g/mol. The standard InChI is InChI=1S/C18H18F2N2O2/c19-18(20)24-16-9-5-4-8-13(16)17(23)22-10-14(15(21)11-22)12-6-2-1-3-7-12/h1-9,14-15,18H,10-11,21H2/t14-,15+/m0/s1. The number of hydrogen-bond donors (Lipinski definition) is 1. The van der Waals surface area contributed by atoms with Crippen molar-refractivity contribution in [3.8, 4) is 5.75 Å². The Hall–Kier alpha value is -2.47. The fourth-order valence-electron chi connectivity index (χ4n) is 3.06. The summed E-state index contributed by atoms with van der Waals surface area (Å²) in [5.74, 6) is -0.437. The van der Waals surface area contributed by atoms with Crippen molar-refractivity contribution in [2.45, 2.75) is 18.6 Å². The Labute approximate surface area is 138 Å². The molecule has 2 aromatic carbocycles. The molecule has 1 aliphatic rings. The van der Waals surface area contributed by atoms with Crippen molar-refractivity contribution >= 4 is 5.91 Å². The summed E-state index contributed by atoms with van der Waals surface area (Å²) in [6.45, 7) is -2.15. The van der Waals surface area contributed by atoms with Gasteiger partial charge in [0, 0.05) is 25.0 Å². The molecule has 2 atom stereocenters. The number of nitrogens with two attached hydrogens (primary N) is 1. The van der Waals surface area contributed by atoms with Crippen LogP contribution in [0.3, 0.4) is 0 Å². The van der Waals surface area contributed by atoms with Gasteiger partial charge in [-0.05, 0) is 17.7 Å². The normalized spacial score (nSPS) is 20.4. The number of hydrogen-bond acceptors (Lipinski definition) is 3. The molecule has 0 unspecified atom stereocenters. The molecule has 4 nitrogen and oxygen atoms in total. The Morgan fingerprint density at radius 3 is 2.46 bits per heavy atom. The fraction of sp³-hybridized carbons (Fsp3) is 0.278. The minimum atomic E-state index is -2.98. The highest BCUT2D eigenvalue weighted by molar-refractivity contribution is 5.97. The highest BCUT2D eigenvalue weighted by Crippen LogP contribution is 2.29. The summed E-state index contributed by atoms with van der Waals surface area (Å²) in [6, 6.07) is 15.6. The highest BCUT2D eigenvalue weighted by atomic mass is 19.3. The van der Waals surface area contributed by atoms with Gasteiger partial charge in [-0.15, -0.1) is 0 Å². The van der Waals surface area contributed by atoms with E-state index in [0.717, 1.165) is 5.56 Å². The van der Waals surface area contributed by atoms with Gasteiger partial charge < -0.3 is 15.4 Å². The zero-order valence-corrected chi connectivity index (χ0v) is 12.9. The summed E-state index contributed by atoms with van der Waals surface area (Å²) in [5.41, 5.74) is 7.38. The average molecular weight is 332 g/mol. The van der Waals surface area contributed by atoms with Crippen LogP contribution in [0.1, 0.15) is 21.8 Å². The molecule has 3 rings (SSSR count). The van der Waals surface area contributed by atoms with Gasteiger partial charge in [-0.25, -0.2) is 0 Å². The van der Waals surface area contributed by atoms with E-state index >= 15 is 0 Å². The quantitative estimate of drug-likeness (QED) is 0.937. The molecule has 0 radical (unpaired) electrons. The number of likely N-dealkylation sites (tertiary alicyclic amines) is 1. The van der Waals surface area contributed by atoms with E-state index in [0.29, 0.717) is 13.1 Å². The summed E-state index contributed by atoms with van der Waals surface area (Å²) in [4.78, 5) is 14.3. The van der Waals surface area contributed by atoms with E-state index in [-0.39, 0.29) is 29.2 Å². The Kier molecular flexibility index (Phi) is 4.76. The van der Waals surface area contributed by atoms with Crippen molar-refractivity contribution in [2.75, 3.05) is 13.1 Å². The average Bonchev–Trinajstić information content (AvgIpc) is 2.97. The number of carbonyl (C=O) groups excluding carboxylic acids is 1. The van der Waals surface area contributed by atoms with Gasteiger partial charge in [0.1, 0.15) is 5.75 Å². The van der Waals surface area contributed by atoms with Crippen LogP contribution in [-0.2, 0) is 0 Å². The minimum absolute atomic E-state index is 0.0262. The lowest BCUT2D eigenvalue weighted by atomic mass is 9.95. The van der Waals surface area contributed by atoms with E-state index in [1.807, 2.05) is 30.3 Å². The van der Waals surface area contributed by atoms with Gasteiger partial charge in [-0.2, -0.15) is 8.78 Å². The van der Waals surface area contributed by atoms with Gasteiger partial charge in [0.2, 0.25) is 0 Å². The molecular formula is C18H18F2N2O2. The Morgan fingerprint density at radius 2 is 1.75 bits per heavy atom. The number of halogens is 2. The number of amides is 1. The summed E-state index contributed by atoms with van der Waals surface area (Å²) in [5, 5.41) is 0. The van der Waals surface area contributed by atoms with Gasteiger partial charge in [0.25, 0.3) is 5.91 Å². The molecule has 6 heteroatoms. The summed E-state index contributed by atoms with van der Waals surface area (Å²) in [7, 11) is 0. The molecule has 1 fully saturated rings. The number of benzene rings is 2. The van der Waals surface area contributed by atoms with Gasteiger partial charge in [0.05, 0.1) is 5.56 Å². The number of nitrogens with zero attached hydrogens (tertiary/aromatic N) is 1. The van der Waals surface area contributed by atoms with Gasteiger partial charge in [-0.3, -0.25) is 4.79 Å². The second-order valence-corrected chi connectivity index (χ2v) is 5.77. The molecule has 1 saturated heterocycles. The first kappa shape index (κ1) is 16.4. The lowest BCUT2D eigenvalue weighted by Crippen LogP contribution is -2.32. The van der Waals surface area contributed by atoms with Crippen molar-refractivity contribution in [1.82, 2.24) is 4.90 Å². The Balaban J connectivity index is 1.80. The smallest absolute Gasteiger partial charge is 0.387 e. The largest absolute Gasteiger partial charge is 0.434 e. The van der Waals surface area contributed by atoms with E-state index in [1.54, 1.807) is 17.0 Å². The predicted octanol–water partition coefficient (Wildman–Crippen LogP) is 2.85. The van der Waals surface area contributed by atoms with Gasteiger partial charge >= 0.3 is 6.61 Å². The van der Waals surface area contributed by atoms with Crippen molar-refractivity contribution in [2.24, 2.45) is 5.73 Å². The lowest BCUT2D eigenvalue weighted by Gasteiger charge is -2.18. The predicted molar refractivity (Wildman–Crippen MR) is 86.1 cm³/mol. The van der Waals surface area contributed by atoms with E-state index in [1.165, 1.54) is 12.1 Å². The maximum atomic E-state index is 12.7. The van der Waals surface area contributed by atoms with Crippen molar-refractivity contribution in [3.05, 3.63) is 65.7 Å². The molecule has 126 valence electrons. The number of rotatable bonds is 4. The second kappa shape index (κ2) is 6.97. The third-order valence-corrected chi connectivity index (χ3v) is 4.21. The molecule has 0 aliphatic carbocycles. The minimum Gasteiger partial charge on any atom is -0.434 e. The van der Waals surface area contributed by atoms with Crippen LogP contribution in [0.2, 0.25) is 0 Å². The topological polar surface area (TPSA) is 55.6 Å². The molecule has 0 saturated carbocycles. The second-order valence-electron chi connectivity index (χ2n) is 5.77. The SMILES string of the molecule is N[C@@H]1CN(C(=O)c2ccccc2OC(F)F)C[C@H]1c1ccccc1. The first-order valence-corrected chi connectivity index (χ1v) is 7.70. The van der Waals surface area contributed by atoms with Crippen molar-refractivity contribution in [3.63, 3.8) is 0 Å². The maximum absolute atomic E-state index is 12.7. The molecule has 0 bridgehead atoms. The zero-order valence-electron chi connectivity index (χ0n) is 12.9. The molecule has 0 aromatic heterocycles.